The van der Waals surface area contributed by atoms with Crippen molar-refractivity contribution in [1.82, 2.24) is 0 Å². The summed E-state index contributed by atoms with van der Waals surface area (Å²) in [6.07, 6.45) is 5.12. The molecule has 1 unspecified atom stereocenters. The SMILES string of the molecule is CC[C@H]1CCCC[NH+]1CN1C(=O)c2cccc3cccc1c23. The van der Waals surface area contributed by atoms with Crippen molar-refractivity contribution in [2.45, 2.75) is 38.6 Å². The van der Waals surface area contributed by atoms with Gasteiger partial charge in [-0.05, 0) is 43.2 Å². The lowest BCUT2D eigenvalue weighted by molar-refractivity contribution is -0.929. The molecular formula is C19H23N2O+. The highest BCUT2D eigenvalue weighted by Gasteiger charge is 2.34. The molecule has 0 saturated carbocycles. The quantitative estimate of drug-likeness (QED) is 0.925. The summed E-state index contributed by atoms with van der Waals surface area (Å²) in [4.78, 5) is 16.4. The Hall–Kier alpha value is -1.87. The molecule has 1 fully saturated rings. The van der Waals surface area contributed by atoms with Gasteiger partial charge in [-0.25, -0.2) is 0 Å². The van der Waals surface area contributed by atoms with E-state index in [0.29, 0.717) is 6.04 Å². The Morgan fingerprint density at radius 2 is 2.00 bits per heavy atom. The number of carbonyl (C=O) groups is 1. The van der Waals surface area contributed by atoms with Gasteiger partial charge in [0.05, 0.1) is 23.8 Å². The van der Waals surface area contributed by atoms with Crippen molar-refractivity contribution >= 4 is 22.4 Å². The number of piperidine rings is 1. The van der Waals surface area contributed by atoms with Crippen LogP contribution < -0.4 is 9.80 Å². The summed E-state index contributed by atoms with van der Waals surface area (Å²) in [6.45, 7) is 4.27. The molecule has 4 rings (SSSR count). The number of anilines is 1. The van der Waals surface area contributed by atoms with Crippen molar-refractivity contribution in [2.24, 2.45) is 0 Å². The van der Waals surface area contributed by atoms with E-state index in [9.17, 15) is 4.79 Å². The van der Waals surface area contributed by atoms with Crippen LogP contribution in [-0.2, 0) is 0 Å². The van der Waals surface area contributed by atoms with Gasteiger partial charge in [0.2, 0.25) is 0 Å². The van der Waals surface area contributed by atoms with E-state index in [4.69, 9.17) is 0 Å². The Morgan fingerprint density at radius 3 is 2.82 bits per heavy atom. The lowest BCUT2D eigenvalue weighted by Gasteiger charge is -2.34. The van der Waals surface area contributed by atoms with Gasteiger partial charge in [-0.15, -0.1) is 0 Å². The van der Waals surface area contributed by atoms with Gasteiger partial charge < -0.3 is 4.90 Å². The van der Waals surface area contributed by atoms with Crippen LogP contribution in [0.2, 0.25) is 0 Å². The average Bonchev–Trinajstić information content (AvgIpc) is 2.84. The Kier molecular flexibility index (Phi) is 3.38. The molecule has 3 nitrogen and oxygen atoms in total. The minimum absolute atomic E-state index is 0.180. The molecule has 2 aromatic carbocycles. The first-order chi connectivity index (χ1) is 10.8. The summed E-state index contributed by atoms with van der Waals surface area (Å²) in [7, 11) is 0. The van der Waals surface area contributed by atoms with Crippen LogP contribution in [0.5, 0.6) is 0 Å². The predicted molar refractivity (Wildman–Crippen MR) is 89.4 cm³/mol. The van der Waals surface area contributed by atoms with Gasteiger partial charge in [0.1, 0.15) is 0 Å². The fourth-order valence-electron chi connectivity index (χ4n) is 4.19. The van der Waals surface area contributed by atoms with Crippen molar-refractivity contribution < 1.29 is 9.69 Å². The van der Waals surface area contributed by atoms with Crippen LogP contribution in [0.25, 0.3) is 10.8 Å². The van der Waals surface area contributed by atoms with Crippen LogP contribution in [0, 0.1) is 0 Å². The van der Waals surface area contributed by atoms with Crippen molar-refractivity contribution in [2.75, 3.05) is 18.1 Å². The molecule has 2 aromatic rings. The van der Waals surface area contributed by atoms with E-state index in [0.717, 1.165) is 23.3 Å². The molecule has 1 amide bonds. The molecule has 2 aliphatic rings. The minimum Gasteiger partial charge on any atom is -0.315 e. The molecule has 1 saturated heterocycles. The van der Waals surface area contributed by atoms with E-state index in [-0.39, 0.29) is 5.91 Å². The third kappa shape index (κ3) is 2.03. The molecule has 0 radical (unpaired) electrons. The van der Waals surface area contributed by atoms with Gasteiger partial charge in [0, 0.05) is 5.39 Å². The summed E-state index contributed by atoms with van der Waals surface area (Å²) in [5, 5.41) is 2.31. The van der Waals surface area contributed by atoms with Crippen LogP contribution in [-0.4, -0.2) is 25.2 Å². The summed E-state index contributed by atoms with van der Waals surface area (Å²) in [5.74, 6) is 0.180. The molecule has 0 aliphatic carbocycles. The number of benzene rings is 2. The number of hydrogen-bond acceptors (Lipinski definition) is 1. The number of quaternary nitrogens is 1. The molecule has 1 N–H and O–H groups in total. The molecule has 22 heavy (non-hydrogen) atoms. The van der Waals surface area contributed by atoms with E-state index in [1.54, 1.807) is 4.90 Å². The molecule has 2 atom stereocenters. The van der Waals surface area contributed by atoms with Gasteiger partial charge in [-0.3, -0.25) is 9.69 Å². The summed E-state index contributed by atoms with van der Waals surface area (Å²) < 4.78 is 0. The second-order valence-corrected chi connectivity index (χ2v) is 6.58. The van der Waals surface area contributed by atoms with Crippen molar-refractivity contribution in [1.29, 1.82) is 0 Å². The molecule has 2 heterocycles. The zero-order chi connectivity index (χ0) is 15.1. The molecule has 3 heteroatoms. The van der Waals surface area contributed by atoms with Crippen LogP contribution in [0.4, 0.5) is 5.69 Å². The Morgan fingerprint density at radius 1 is 1.18 bits per heavy atom. The molecule has 114 valence electrons. The smallest absolute Gasteiger partial charge is 0.263 e. The van der Waals surface area contributed by atoms with Crippen molar-refractivity contribution in [3.05, 3.63) is 42.0 Å². The number of rotatable bonds is 3. The van der Waals surface area contributed by atoms with E-state index in [1.807, 2.05) is 17.0 Å². The number of nitrogens with one attached hydrogen (secondary N) is 1. The van der Waals surface area contributed by atoms with E-state index < -0.39 is 0 Å². The monoisotopic (exact) mass is 295 g/mol. The van der Waals surface area contributed by atoms with Gasteiger partial charge in [0.25, 0.3) is 5.91 Å². The lowest BCUT2D eigenvalue weighted by atomic mass is 10.0. The fourth-order valence-corrected chi connectivity index (χ4v) is 4.19. The summed E-state index contributed by atoms with van der Waals surface area (Å²) in [6, 6.07) is 13.0. The highest BCUT2D eigenvalue weighted by Crippen LogP contribution is 2.36. The number of carbonyl (C=O) groups excluding carboxylic acids is 1. The number of amides is 1. The number of likely N-dealkylation sites (tertiary alicyclic amines) is 1. The summed E-state index contributed by atoms with van der Waals surface area (Å²) >= 11 is 0. The first kappa shape index (κ1) is 13.8. The summed E-state index contributed by atoms with van der Waals surface area (Å²) in [5.41, 5.74) is 1.98. The predicted octanol–water partition coefficient (Wildman–Crippen LogP) is 2.60. The van der Waals surface area contributed by atoms with E-state index in [2.05, 4.69) is 31.2 Å². The van der Waals surface area contributed by atoms with Gasteiger partial charge in [0.15, 0.2) is 6.67 Å². The first-order valence-electron chi connectivity index (χ1n) is 8.47. The lowest BCUT2D eigenvalue weighted by Crippen LogP contribution is -3.18. The highest BCUT2D eigenvalue weighted by molar-refractivity contribution is 6.24. The zero-order valence-electron chi connectivity index (χ0n) is 13.1. The molecule has 2 aliphatic heterocycles. The van der Waals surface area contributed by atoms with E-state index in [1.165, 1.54) is 37.6 Å². The molecular weight excluding hydrogens is 272 g/mol. The molecule has 0 bridgehead atoms. The third-order valence-corrected chi connectivity index (χ3v) is 5.38. The second kappa shape index (κ2) is 5.40. The van der Waals surface area contributed by atoms with Crippen molar-refractivity contribution in [3.8, 4) is 0 Å². The first-order valence-corrected chi connectivity index (χ1v) is 8.47. The Labute approximate surface area is 131 Å². The second-order valence-electron chi connectivity index (χ2n) is 6.58. The molecule has 0 aromatic heterocycles. The van der Waals surface area contributed by atoms with Crippen LogP contribution in [0.3, 0.4) is 0 Å². The maximum Gasteiger partial charge on any atom is 0.263 e. The largest absolute Gasteiger partial charge is 0.315 e. The Balaban J connectivity index is 1.70. The fraction of sp³-hybridized carbons (Fsp3) is 0.421. The average molecular weight is 295 g/mol. The zero-order valence-corrected chi connectivity index (χ0v) is 13.1. The Bertz CT molecular complexity index is 719. The van der Waals surface area contributed by atoms with Gasteiger partial charge in [-0.2, -0.15) is 0 Å². The third-order valence-electron chi connectivity index (χ3n) is 5.38. The highest BCUT2D eigenvalue weighted by atomic mass is 16.2. The topological polar surface area (TPSA) is 24.8 Å². The molecule has 0 spiro atoms. The van der Waals surface area contributed by atoms with Crippen molar-refractivity contribution in [3.63, 3.8) is 0 Å². The maximum absolute atomic E-state index is 12.9. The normalized spacial score (nSPS) is 24.2. The van der Waals surface area contributed by atoms with Crippen LogP contribution >= 0.6 is 0 Å². The van der Waals surface area contributed by atoms with Crippen LogP contribution in [0.1, 0.15) is 43.0 Å². The van der Waals surface area contributed by atoms with Gasteiger partial charge >= 0.3 is 0 Å². The number of nitrogens with zero attached hydrogens (tertiary/aromatic N) is 1. The number of hydrogen-bond donors (Lipinski definition) is 1. The minimum atomic E-state index is 0.180. The van der Waals surface area contributed by atoms with Gasteiger partial charge in [-0.1, -0.05) is 31.2 Å². The maximum atomic E-state index is 12.9. The van der Waals surface area contributed by atoms with E-state index >= 15 is 0 Å². The standard InChI is InChI=1S/C19H22N2O/c1-2-15-9-3-4-12-20(15)13-21-17-11-6-8-14-7-5-10-16(18(14)17)19(21)22/h5-8,10-11,15H,2-4,9,12-13H2,1H3/p+1/t15-/m0/s1. The van der Waals surface area contributed by atoms with Crippen LogP contribution in [0.15, 0.2) is 36.4 Å².